The topological polar surface area (TPSA) is 24.5 Å². The van der Waals surface area contributed by atoms with Crippen LogP contribution in [0.2, 0.25) is 0 Å². The first kappa shape index (κ1) is 14.0. The molecule has 0 aromatic heterocycles. The van der Waals surface area contributed by atoms with E-state index in [4.69, 9.17) is 4.74 Å². The van der Waals surface area contributed by atoms with Crippen LogP contribution in [0, 0.1) is 13.8 Å². The van der Waals surface area contributed by atoms with E-state index in [1.165, 1.54) is 11.1 Å². The second-order valence-corrected chi connectivity index (χ2v) is 4.67. The molecule has 17 heavy (non-hydrogen) atoms. The van der Waals surface area contributed by atoms with E-state index >= 15 is 0 Å². The molecule has 1 aromatic carbocycles. The van der Waals surface area contributed by atoms with Crippen molar-refractivity contribution in [2.45, 2.75) is 13.8 Å². The lowest BCUT2D eigenvalue weighted by molar-refractivity contribution is 0.306. The van der Waals surface area contributed by atoms with Crippen molar-refractivity contribution in [3.8, 4) is 5.75 Å². The summed E-state index contributed by atoms with van der Waals surface area (Å²) in [7, 11) is 4.15. The fraction of sp³-hybridized carbons (Fsp3) is 0.571. The van der Waals surface area contributed by atoms with Crippen LogP contribution in [0.4, 0.5) is 0 Å². The second-order valence-electron chi connectivity index (χ2n) is 4.67. The molecule has 1 rings (SSSR count). The van der Waals surface area contributed by atoms with Gasteiger partial charge in [0, 0.05) is 19.6 Å². The van der Waals surface area contributed by atoms with Crippen LogP contribution < -0.4 is 10.1 Å². The smallest absolute Gasteiger partial charge is 0.122 e. The normalized spacial score (nSPS) is 10.9. The summed E-state index contributed by atoms with van der Waals surface area (Å²) in [6.07, 6.45) is 0. The van der Waals surface area contributed by atoms with E-state index in [9.17, 15) is 0 Å². The number of hydrogen-bond acceptors (Lipinski definition) is 3. The van der Waals surface area contributed by atoms with Gasteiger partial charge in [-0.05, 0) is 39.6 Å². The maximum absolute atomic E-state index is 5.72. The minimum absolute atomic E-state index is 0.720. The van der Waals surface area contributed by atoms with Gasteiger partial charge in [-0.25, -0.2) is 0 Å². The molecule has 0 spiro atoms. The van der Waals surface area contributed by atoms with Crippen molar-refractivity contribution in [2.75, 3.05) is 40.3 Å². The Bertz CT molecular complexity index is 337. The number of aryl methyl sites for hydroxylation is 2. The minimum atomic E-state index is 0.720. The fourth-order valence-corrected chi connectivity index (χ4v) is 1.62. The molecule has 0 bridgehead atoms. The van der Waals surface area contributed by atoms with E-state index in [-0.39, 0.29) is 0 Å². The van der Waals surface area contributed by atoms with Crippen molar-refractivity contribution in [1.29, 1.82) is 0 Å². The second kappa shape index (κ2) is 7.30. The highest BCUT2D eigenvalue weighted by molar-refractivity contribution is 5.35. The maximum atomic E-state index is 5.72. The van der Waals surface area contributed by atoms with Gasteiger partial charge >= 0.3 is 0 Å². The summed E-state index contributed by atoms with van der Waals surface area (Å²) in [5.41, 5.74) is 2.48. The van der Waals surface area contributed by atoms with Gasteiger partial charge in [0.05, 0.1) is 0 Å². The quantitative estimate of drug-likeness (QED) is 0.731. The molecule has 0 fully saturated rings. The lowest BCUT2D eigenvalue weighted by atomic mass is 10.1. The summed E-state index contributed by atoms with van der Waals surface area (Å²) in [4.78, 5) is 2.16. The Morgan fingerprint density at radius 1 is 1.18 bits per heavy atom. The molecule has 0 unspecified atom stereocenters. The summed E-state index contributed by atoms with van der Waals surface area (Å²) in [5.74, 6) is 0.991. The average Bonchev–Trinajstić information content (AvgIpc) is 2.25. The highest BCUT2D eigenvalue weighted by atomic mass is 16.5. The van der Waals surface area contributed by atoms with Gasteiger partial charge in [0.15, 0.2) is 0 Å². The summed E-state index contributed by atoms with van der Waals surface area (Å²) in [6, 6.07) is 6.28. The van der Waals surface area contributed by atoms with Crippen molar-refractivity contribution in [1.82, 2.24) is 10.2 Å². The number of likely N-dealkylation sites (N-methyl/N-ethyl adjacent to an activating group) is 1. The van der Waals surface area contributed by atoms with Gasteiger partial charge in [0.2, 0.25) is 0 Å². The minimum Gasteiger partial charge on any atom is -0.492 e. The number of nitrogens with one attached hydrogen (secondary N) is 1. The van der Waals surface area contributed by atoms with E-state index in [1.807, 2.05) is 6.07 Å². The molecule has 0 aliphatic heterocycles. The van der Waals surface area contributed by atoms with Gasteiger partial charge in [-0.3, -0.25) is 0 Å². The van der Waals surface area contributed by atoms with Gasteiger partial charge in [-0.2, -0.15) is 0 Å². The number of benzene rings is 1. The van der Waals surface area contributed by atoms with Crippen molar-refractivity contribution in [3.05, 3.63) is 29.3 Å². The zero-order chi connectivity index (χ0) is 12.7. The molecular weight excluding hydrogens is 212 g/mol. The Morgan fingerprint density at radius 3 is 2.59 bits per heavy atom. The third kappa shape index (κ3) is 5.71. The van der Waals surface area contributed by atoms with Crippen LogP contribution in [0.3, 0.4) is 0 Å². The van der Waals surface area contributed by atoms with Crippen molar-refractivity contribution in [2.24, 2.45) is 0 Å². The van der Waals surface area contributed by atoms with Crippen molar-refractivity contribution in [3.63, 3.8) is 0 Å². The van der Waals surface area contributed by atoms with E-state index in [2.05, 4.69) is 50.3 Å². The average molecular weight is 236 g/mol. The summed E-state index contributed by atoms with van der Waals surface area (Å²) in [6.45, 7) is 7.85. The molecule has 0 radical (unpaired) electrons. The molecule has 0 amide bonds. The molecule has 0 atom stereocenters. The third-order valence-electron chi connectivity index (χ3n) is 2.60. The van der Waals surface area contributed by atoms with Gasteiger partial charge in [0.25, 0.3) is 0 Å². The lowest BCUT2D eigenvalue weighted by Gasteiger charge is -2.12. The summed E-state index contributed by atoms with van der Waals surface area (Å²) >= 11 is 0. The number of hydrogen-bond donors (Lipinski definition) is 1. The van der Waals surface area contributed by atoms with Crippen molar-refractivity contribution < 1.29 is 4.74 Å². The standard InChI is InChI=1S/C14H24N2O/c1-12-5-6-14(13(2)11-12)17-10-8-15-7-9-16(3)4/h5-6,11,15H,7-10H2,1-4H3. The molecule has 3 heteroatoms. The monoisotopic (exact) mass is 236 g/mol. The zero-order valence-corrected chi connectivity index (χ0v) is 11.4. The van der Waals surface area contributed by atoms with E-state index in [1.54, 1.807) is 0 Å². The first-order valence-electron chi connectivity index (χ1n) is 6.15. The molecule has 0 saturated heterocycles. The predicted molar refractivity (Wildman–Crippen MR) is 72.8 cm³/mol. The number of ether oxygens (including phenoxy) is 1. The molecule has 0 heterocycles. The Kier molecular flexibility index (Phi) is 6.01. The van der Waals surface area contributed by atoms with E-state index in [0.29, 0.717) is 0 Å². The molecule has 3 nitrogen and oxygen atoms in total. The number of nitrogens with zero attached hydrogens (tertiary/aromatic N) is 1. The van der Waals surface area contributed by atoms with Gasteiger partial charge in [0.1, 0.15) is 12.4 Å². The first-order valence-corrected chi connectivity index (χ1v) is 6.15. The van der Waals surface area contributed by atoms with Gasteiger partial charge in [-0.15, -0.1) is 0 Å². The van der Waals surface area contributed by atoms with Gasteiger partial charge in [-0.1, -0.05) is 17.7 Å². The molecule has 96 valence electrons. The highest BCUT2D eigenvalue weighted by Crippen LogP contribution is 2.18. The highest BCUT2D eigenvalue weighted by Gasteiger charge is 1.98. The molecule has 1 aromatic rings. The van der Waals surface area contributed by atoms with Crippen LogP contribution in [0.5, 0.6) is 5.75 Å². The Balaban J connectivity index is 2.18. The Hall–Kier alpha value is -1.06. The predicted octanol–water partition coefficient (Wildman–Crippen LogP) is 1.83. The zero-order valence-electron chi connectivity index (χ0n) is 11.4. The summed E-state index contributed by atoms with van der Waals surface area (Å²) in [5, 5.41) is 3.35. The molecule has 1 N–H and O–H groups in total. The molecular formula is C14H24N2O. The molecule has 0 aliphatic rings. The fourth-order valence-electron chi connectivity index (χ4n) is 1.62. The van der Waals surface area contributed by atoms with Crippen LogP contribution >= 0.6 is 0 Å². The third-order valence-corrected chi connectivity index (χ3v) is 2.60. The van der Waals surface area contributed by atoms with Crippen LogP contribution in [0.25, 0.3) is 0 Å². The Labute approximate surface area is 105 Å². The maximum Gasteiger partial charge on any atom is 0.122 e. The van der Waals surface area contributed by atoms with E-state index < -0.39 is 0 Å². The molecule has 0 saturated carbocycles. The first-order chi connectivity index (χ1) is 8.09. The van der Waals surface area contributed by atoms with Gasteiger partial charge < -0.3 is 15.0 Å². The van der Waals surface area contributed by atoms with Crippen LogP contribution in [-0.4, -0.2) is 45.2 Å². The largest absolute Gasteiger partial charge is 0.492 e. The summed E-state index contributed by atoms with van der Waals surface area (Å²) < 4.78 is 5.72. The van der Waals surface area contributed by atoms with Crippen LogP contribution in [-0.2, 0) is 0 Å². The van der Waals surface area contributed by atoms with Crippen molar-refractivity contribution >= 4 is 0 Å². The SMILES string of the molecule is Cc1ccc(OCCNCCN(C)C)c(C)c1. The van der Waals surface area contributed by atoms with Crippen LogP contribution in [0.15, 0.2) is 18.2 Å². The number of rotatable bonds is 7. The lowest BCUT2D eigenvalue weighted by Crippen LogP contribution is -2.29. The molecule has 0 aliphatic carbocycles. The Morgan fingerprint density at radius 2 is 1.94 bits per heavy atom. The van der Waals surface area contributed by atoms with E-state index in [0.717, 1.165) is 32.0 Å². The van der Waals surface area contributed by atoms with Crippen LogP contribution in [0.1, 0.15) is 11.1 Å².